The normalized spacial score (nSPS) is 49.1. The van der Waals surface area contributed by atoms with Crippen LogP contribution in [0, 0.1) is 58.2 Å². The van der Waals surface area contributed by atoms with Crippen LogP contribution in [0.2, 0.25) is 0 Å². The molecule has 5 rings (SSSR count). The van der Waals surface area contributed by atoms with E-state index in [2.05, 4.69) is 39.8 Å². The Balaban J connectivity index is 1.33. The Kier molecular flexibility index (Phi) is 5.11. The highest BCUT2D eigenvalue weighted by Gasteiger charge is 2.64. The number of oxime groups is 1. The molecular weight excluding hydrogens is 354 g/mol. The van der Waals surface area contributed by atoms with Crippen LogP contribution in [0.5, 0.6) is 0 Å². The molecule has 4 fully saturated rings. The van der Waals surface area contributed by atoms with Gasteiger partial charge in [0.05, 0.1) is 5.71 Å². The average molecular weight is 400 g/mol. The van der Waals surface area contributed by atoms with Gasteiger partial charge >= 0.3 is 0 Å². The largest absolute Gasteiger partial charge is 0.395 e. The molecule has 4 aliphatic carbocycles. The van der Waals surface area contributed by atoms with Crippen LogP contribution in [0.1, 0.15) is 98.8 Å². The van der Waals surface area contributed by atoms with Crippen LogP contribution in [-0.2, 0) is 4.84 Å². The van der Waals surface area contributed by atoms with E-state index in [1.165, 1.54) is 69.9 Å². The lowest BCUT2D eigenvalue weighted by atomic mass is 9.46. The molecule has 5 aliphatic rings. The molecule has 0 radical (unpaired) electrons. The lowest BCUT2D eigenvalue weighted by Gasteiger charge is -2.59. The molecule has 0 N–H and O–H groups in total. The summed E-state index contributed by atoms with van der Waals surface area (Å²) in [5.74, 6) is 7.16. The van der Waals surface area contributed by atoms with Gasteiger partial charge < -0.3 is 4.84 Å². The summed E-state index contributed by atoms with van der Waals surface area (Å²) in [5.41, 5.74) is 2.51. The molecule has 29 heavy (non-hydrogen) atoms. The van der Waals surface area contributed by atoms with Crippen LogP contribution in [0.4, 0.5) is 0 Å². The molecule has 0 aromatic heterocycles. The molecule has 0 aromatic rings. The second kappa shape index (κ2) is 7.27. The fourth-order valence-electron chi connectivity index (χ4n) is 9.68. The summed E-state index contributed by atoms with van der Waals surface area (Å²) in [7, 11) is 0. The molecule has 1 aliphatic heterocycles. The molecule has 164 valence electrons. The van der Waals surface area contributed by atoms with Crippen LogP contribution in [-0.4, -0.2) is 12.3 Å². The van der Waals surface area contributed by atoms with E-state index in [4.69, 9.17) is 4.84 Å². The Morgan fingerprint density at radius 1 is 1.00 bits per heavy atom. The van der Waals surface area contributed by atoms with E-state index >= 15 is 0 Å². The lowest BCUT2D eigenvalue weighted by molar-refractivity contribution is -0.109. The molecule has 0 amide bonds. The number of fused-ring (bicyclic) bond motifs is 7. The molecule has 1 heterocycles. The highest BCUT2D eigenvalue weighted by Crippen LogP contribution is 2.70. The van der Waals surface area contributed by atoms with Crippen LogP contribution in [0.3, 0.4) is 0 Å². The van der Waals surface area contributed by atoms with Gasteiger partial charge in [0.2, 0.25) is 0 Å². The maximum atomic E-state index is 5.60. The van der Waals surface area contributed by atoms with Crippen molar-refractivity contribution in [1.82, 2.24) is 0 Å². The summed E-state index contributed by atoms with van der Waals surface area (Å²) in [6.45, 7) is 13.6. The molecule has 0 bridgehead atoms. The van der Waals surface area contributed by atoms with Crippen molar-refractivity contribution in [3.8, 4) is 0 Å². The molecular formula is C27H45NO. The SMILES string of the molecule is CC(C)CCC[C@@H](C)[C@H]1CC[C@H]2[C@@H]3CC[C@H]4CC5=NOC[C@H]5[C@]4(C)[C@H]3CC[C@]12C. The second-order valence-corrected chi connectivity index (χ2v) is 12.7. The van der Waals surface area contributed by atoms with Gasteiger partial charge in [-0.25, -0.2) is 0 Å². The van der Waals surface area contributed by atoms with Gasteiger partial charge in [-0.3, -0.25) is 0 Å². The highest BCUT2D eigenvalue weighted by atomic mass is 16.6. The van der Waals surface area contributed by atoms with Crippen molar-refractivity contribution in [2.75, 3.05) is 6.61 Å². The topological polar surface area (TPSA) is 21.6 Å². The van der Waals surface area contributed by atoms with Crippen molar-refractivity contribution in [2.24, 2.45) is 63.3 Å². The summed E-state index contributed by atoms with van der Waals surface area (Å²) < 4.78 is 0. The summed E-state index contributed by atoms with van der Waals surface area (Å²) >= 11 is 0. The molecule has 2 nitrogen and oxygen atoms in total. The van der Waals surface area contributed by atoms with Gasteiger partial charge in [-0.15, -0.1) is 0 Å². The van der Waals surface area contributed by atoms with Gasteiger partial charge in [-0.2, -0.15) is 0 Å². The Morgan fingerprint density at radius 3 is 2.62 bits per heavy atom. The van der Waals surface area contributed by atoms with Crippen LogP contribution in [0.15, 0.2) is 5.16 Å². The van der Waals surface area contributed by atoms with E-state index in [-0.39, 0.29) is 0 Å². The summed E-state index contributed by atoms with van der Waals surface area (Å²) in [6, 6.07) is 0. The zero-order chi connectivity index (χ0) is 20.4. The third-order valence-electron chi connectivity index (χ3n) is 11.2. The van der Waals surface area contributed by atoms with E-state index in [0.717, 1.165) is 48.0 Å². The first-order valence-corrected chi connectivity index (χ1v) is 13.0. The average Bonchev–Trinajstić information content (AvgIpc) is 3.33. The lowest BCUT2D eigenvalue weighted by Crippen LogP contribution is -2.53. The Labute approximate surface area is 179 Å². The van der Waals surface area contributed by atoms with E-state index < -0.39 is 0 Å². The van der Waals surface area contributed by atoms with Crippen molar-refractivity contribution >= 4 is 5.71 Å². The molecule has 4 saturated carbocycles. The van der Waals surface area contributed by atoms with Gasteiger partial charge in [-0.1, -0.05) is 59.0 Å². The van der Waals surface area contributed by atoms with Crippen molar-refractivity contribution in [3.05, 3.63) is 0 Å². The zero-order valence-corrected chi connectivity index (χ0v) is 19.8. The summed E-state index contributed by atoms with van der Waals surface area (Å²) in [5, 5.41) is 4.48. The zero-order valence-electron chi connectivity index (χ0n) is 19.8. The molecule has 0 aromatic carbocycles. The molecule has 0 spiro atoms. The summed E-state index contributed by atoms with van der Waals surface area (Å²) in [6.07, 6.45) is 14.5. The minimum absolute atomic E-state index is 0.473. The van der Waals surface area contributed by atoms with Crippen molar-refractivity contribution in [2.45, 2.75) is 98.8 Å². The monoisotopic (exact) mass is 399 g/mol. The van der Waals surface area contributed by atoms with Crippen molar-refractivity contribution in [3.63, 3.8) is 0 Å². The van der Waals surface area contributed by atoms with Crippen LogP contribution >= 0.6 is 0 Å². The highest BCUT2D eigenvalue weighted by molar-refractivity contribution is 5.90. The number of hydrogen-bond donors (Lipinski definition) is 0. The third kappa shape index (κ3) is 2.97. The second-order valence-electron chi connectivity index (χ2n) is 12.7. The Morgan fingerprint density at radius 2 is 1.83 bits per heavy atom. The van der Waals surface area contributed by atoms with Gasteiger partial charge in [0.25, 0.3) is 0 Å². The predicted octanol–water partition coefficient (Wildman–Crippen LogP) is 7.33. The van der Waals surface area contributed by atoms with Gasteiger partial charge in [0.1, 0.15) is 6.61 Å². The number of rotatable bonds is 5. The number of hydrogen-bond acceptors (Lipinski definition) is 2. The first-order valence-electron chi connectivity index (χ1n) is 13.0. The van der Waals surface area contributed by atoms with Crippen LogP contribution in [0.25, 0.3) is 0 Å². The maximum absolute atomic E-state index is 5.60. The van der Waals surface area contributed by atoms with Gasteiger partial charge in [0, 0.05) is 5.92 Å². The molecule has 0 unspecified atom stereocenters. The standard InChI is InChI=1S/C27H45NO/c1-17(2)7-6-8-18(3)21-11-12-22-20-10-9-19-15-25-24(16-29-28-25)27(19,5)23(20)13-14-26(21,22)4/h17-24H,6-16H2,1-5H3/t18-,19+,20+,21-,22+,23+,24-,26-,27+/m1/s1. The maximum Gasteiger partial charge on any atom is 0.125 e. The van der Waals surface area contributed by atoms with Crippen molar-refractivity contribution < 1.29 is 4.84 Å². The van der Waals surface area contributed by atoms with E-state index in [0.29, 0.717) is 16.7 Å². The Bertz CT molecular complexity index is 655. The van der Waals surface area contributed by atoms with Gasteiger partial charge in [-0.05, 0) is 97.2 Å². The third-order valence-corrected chi connectivity index (χ3v) is 11.2. The quantitative estimate of drug-likeness (QED) is 0.474. The Hall–Kier alpha value is -0.530. The fraction of sp³-hybridized carbons (Fsp3) is 0.963. The van der Waals surface area contributed by atoms with E-state index in [1.807, 2.05) is 0 Å². The minimum atomic E-state index is 0.473. The van der Waals surface area contributed by atoms with Gasteiger partial charge in [0.15, 0.2) is 0 Å². The molecule has 2 heteroatoms. The fourth-order valence-corrected chi connectivity index (χ4v) is 9.68. The first-order chi connectivity index (χ1) is 13.9. The summed E-state index contributed by atoms with van der Waals surface area (Å²) in [4.78, 5) is 5.60. The predicted molar refractivity (Wildman–Crippen MR) is 121 cm³/mol. The van der Waals surface area contributed by atoms with Crippen molar-refractivity contribution in [1.29, 1.82) is 0 Å². The number of nitrogens with zero attached hydrogens (tertiary/aromatic N) is 1. The first kappa shape index (κ1) is 20.4. The molecule has 9 atom stereocenters. The van der Waals surface area contributed by atoms with Crippen LogP contribution < -0.4 is 0 Å². The molecule has 0 saturated heterocycles. The smallest absolute Gasteiger partial charge is 0.125 e. The van der Waals surface area contributed by atoms with E-state index in [1.54, 1.807) is 0 Å². The van der Waals surface area contributed by atoms with E-state index in [9.17, 15) is 0 Å². The minimum Gasteiger partial charge on any atom is -0.395 e.